The summed E-state index contributed by atoms with van der Waals surface area (Å²) in [7, 11) is 0. The van der Waals surface area contributed by atoms with Gasteiger partial charge in [-0.1, -0.05) is 13.3 Å². The lowest BCUT2D eigenvalue weighted by atomic mass is 9.72. The molecule has 1 atom stereocenters. The van der Waals surface area contributed by atoms with E-state index in [2.05, 4.69) is 0 Å². The molecule has 0 heterocycles. The van der Waals surface area contributed by atoms with Crippen molar-refractivity contribution in [3.8, 4) is 0 Å². The van der Waals surface area contributed by atoms with Crippen LogP contribution in [0.15, 0.2) is 0 Å². The highest BCUT2D eigenvalue weighted by atomic mass is 16.4. The summed E-state index contributed by atoms with van der Waals surface area (Å²) in [5, 5.41) is 18.6. The highest BCUT2D eigenvalue weighted by Gasteiger charge is 2.45. The Morgan fingerprint density at radius 1 is 1.33 bits per heavy atom. The standard InChI is InChI=1S/C9H18O3/c1-5-6-9(4,7(10)11)8(2,3)12/h12H,5-6H2,1-4H3,(H,10,11). The van der Waals surface area contributed by atoms with Gasteiger partial charge in [-0.25, -0.2) is 0 Å². The lowest BCUT2D eigenvalue weighted by Crippen LogP contribution is -2.47. The third-order valence-electron chi connectivity index (χ3n) is 2.57. The monoisotopic (exact) mass is 174 g/mol. The van der Waals surface area contributed by atoms with Crippen LogP contribution in [-0.4, -0.2) is 21.8 Å². The van der Waals surface area contributed by atoms with Crippen LogP contribution in [-0.2, 0) is 4.79 Å². The van der Waals surface area contributed by atoms with E-state index in [-0.39, 0.29) is 0 Å². The molecule has 0 spiro atoms. The lowest BCUT2D eigenvalue weighted by molar-refractivity contribution is -0.163. The van der Waals surface area contributed by atoms with Gasteiger partial charge in [0.1, 0.15) is 0 Å². The summed E-state index contributed by atoms with van der Waals surface area (Å²) in [6, 6.07) is 0. The Kier molecular flexibility index (Phi) is 3.27. The number of carboxylic acid groups (broad SMARTS) is 1. The first kappa shape index (κ1) is 11.4. The van der Waals surface area contributed by atoms with E-state index < -0.39 is 17.0 Å². The van der Waals surface area contributed by atoms with E-state index in [1.54, 1.807) is 6.92 Å². The molecule has 0 rings (SSSR count). The molecule has 0 aromatic carbocycles. The number of rotatable bonds is 4. The van der Waals surface area contributed by atoms with E-state index in [9.17, 15) is 9.90 Å². The molecule has 0 saturated heterocycles. The molecule has 0 bridgehead atoms. The summed E-state index contributed by atoms with van der Waals surface area (Å²) in [5.74, 6) is -0.933. The summed E-state index contributed by atoms with van der Waals surface area (Å²) in [6.45, 7) is 6.57. The predicted octanol–water partition coefficient (Wildman–Crippen LogP) is 1.65. The average molecular weight is 174 g/mol. The van der Waals surface area contributed by atoms with Gasteiger partial charge in [0.15, 0.2) is 0 Å². The van der Waals surface area contributed by atoms with Gasteiger partial charge in [0.25, 0.3) is 0 Å². The number of carboxylic acids is 1. The van der Waals surface area contributed by atoms with Crippen LogP contribution in [0.3, 0.4) is 0 Å². The number of hydrogen-bond acceptors (Lipinski definition) is 2. The van der Waals surface area contributed by atoms with E-state index in [1.165, 1.54) is 13.8 Å². The third kappa shape index (κ3) is 1.97. The minimum absolute atomic E-state index is 0.492. The summed E-state index contributed by atoms with van der Waals surface area (Å²) in [4.78, 5) is 10.9. The van der Waals surface area contributed by atoms with Crippen molar-refractivity contribution in [2.75, 3.05) is 0 Å². The molecule has 3 heteroatoms. The van der Waals surface area contributed by atoms with E-state index in [0.29, 0.717) is 6.42 Å². The molecule has 0 saturated carbocycles. The normalized spacial score (nSPS) is 17.1. The Bertz CT molecular complexity index is 169. The minimum atomic E-state index is -1.17. The number of aliphatic hydroxyl groups is 1. The fourth-order valence-electron chi connectivity index (χ4n) is 1.17. The van der Waals surface area contributed by atoms with Crippen molar-refractivity contribution in [2.24, 2.45) is 5.41 Å². The molecule has 0 radical (unpaired) electrons. The summed E-state index contributed by atoms with van der Waals surface area (Å²) >= 11 is 0. The molecule has 0 aliphatic heterocycles. The quantitative estimate of drug-likeness (QED) is 0.681. The first-order chi connectivity index (χ1) is 5.25. The van der Waals surface area contributed by atoms with Gasteiger partial charge in [-0.2, -0.15) is 0 Å². The van der Waals surface area contributed by atoms with Gasteiger partial charge in [0.2, 0.25) is 0 Å². The molecule has 0 aliphatic rings. The van der Waals surface area contributed by atoms with Gasteiger partial charge in [-0.3, -0.25) is 4.79 Å². The molecular weight excluding hydrogens is 156 g/mol. The van der Waals surface area contributed by atoms with Crippen molar-refractivity contribution in [3.63, 3.8) is 0 Å². The highest BCUT2D eigenvalue weighted by molar-refractivity contribution is 5.75. The summed E-state index contributed by atoms with van der Waals surface area (Å²) in [6.07, 6.45) is 1.25. The van der Waals surface area contributed by atoms with Crippen LogP contribution in [0.1, 0.15) is 40.5 Å². The Labute approximate surface area is 73.4 Å². The first-order valence-corrected chi connectivity index (χ1v) is 4.21. The van der Waals surface area contributed by atoms with Crippen LogP contribution >= 0.6 is 0 Å². The summed E-state index contributed by atoms with van der Waals surface area (Å²) in [5.41, 5.74) is -2.21. The molecule has 72 valence electrons. The SMILES string of the molecule is CCCC(C)(C(=O)O)C(C)(C)O. The molecule has 0 aromatic heterocycles. The minimum Gasteiger partial charge on any atom is -0.481 e. The van der Waals surface area contributed by atoms with Crippen molar-refractivity contribution in [3.05, 3.63) is 0 Å². The first-order valence-electron chi connectivity index (χ1n) is 4.21. The van der Waals surface area contributed by atoms with Crippen molar-refractivity contribution in [2.45, 2.75) is 46.1 Å². The Morgan fingerprint density at radius 3 is 1.83 bits per heavy atom. The number of aliphatic carboxylic acids is 1. The second-order valence-electron chi connectivity index (χ2n) is 3.95. The number of carbonyl (C=O) groups is 1. The van der Waals surface area contributed by atoms with Crippen LogP contribution in [0.5, 0.6) is 0 Å². The molecule has 0 amide bonds. The van der Waals surface area contributed by atoms with Crippen LogP contribution < -0.4 is 0 Å². The molecule has 1 unspecified atom stereocenters. The summed E-state index contributed by atoms with van der Waals surface area (Å²) < 4.78 is 0. The van der Waals surface area contributed by atoms with E-state index in [1.807, 2.05) is 6.92 Å². The zero-order valence-corrected chi connectivity index (χ0v) is 8.22. The maximum Gasteiger partial charge on any atom is 0.312 e. The van der Waals surface area contributed by atoms with Gasteiger partial charge in [-0.05, 0) is 27.2 Å². The van der Waals surface area contributed by atoms with E-state index >= 15 is 0 Å². The molecule has 0 aliphatic carbocycles. The Morgan fingerprint density at radius 2 is 1.75 bits per heavy atom. The average Bonchev–Trinajstić information content (AvgIpc) is 1.85. The zero-order chi connectivity index (χ0) is 9.99. The van der Waals surface area contributed by atoms with Crippen LogP contribution in [0.4, 0.5) is 0 Å². The van der Waals surface area contributed by atoms with Gasteiger partial charge in [-0.15, -0.1) is 0 Å². The second kappa shape index (κ2) is 3.44. The van der Waals surface area contributed by atoms with Gasteiger partial charge < -0.3 is 10.2 Å². The van der Waals surface area contributed by atoms with Gasteiger partial charge in [0.05, 0.1) is 11.0 Å². The Balaban J connectivity index is 4.75. The predicted molar refractivity (Wildman–Crippen MR) is 46.9 cm³/mol. The van der Waals surface area contributed by atoms with Crippen molar-refractivity contribution >= 4 is 5.97 Å². The van der Waals surface area contributed by atoms with Crippen molar-refractivity contribution in [1.29, 1.82) is 0 Å². The lowest BCUT2D eigenvalue weighted by Gasteiger charge is -2.36. The van der Waals surface area contributed by atoms with Crippen molar-refractivity contribution in [1.82, 2.24) is 0 Å². The highest BCUT2D eigenvalue weighted by Crippen LogP contribution is 2.35. The molecule has 0 fully saturated rings. The fraction of sp³-hybridized carbons (Fsp3) is 0.889. The van der Waals surface area contributed by atoms with Gasteiger partial charge >= 0.3 is 5.97 Å². The zero-order valence-electron chi connectivity index (χ0n) is 8.22. The molecule has 3 nitrogen and oxygen atoms in total. The topological polar surface area (TPSA) is 57.5 Å². The molecule has 2 N–H and O–H groups in total. The third-order valence-corrected chi connectivity index (χ3v) is 2.57. The van der Waals surface area contributed by atoms with E-state index in [4.69, 9.17) is 5.11 Å². The molecular formula is C9H18O3. The van der Waals surface area contributed by atoms with Crippen LogP contribution in [0.2, 0.25) is 0 Å². The fourth-order valence-corrected chi connectivity index (χ4v) is 1.17. The maximum absolute atomic E-state index is 10.9. The van der Waals surface area contributed by atoms with Crippen LogP contribution in [0, 0.1) is 5.41 Å². The van der Waals surface area contributed by atoms with Crippen LogP contribution in [0.25, 0.3) is 0 Å². The maximum atomic E-state index is 10.9. The smallest absolute Gasteiger partial charge is 0.312 e. The van der Waals surface area contributed by atoms with Crippen molar-refractivity contribution < 1.29 is 15.0 Å². The largest absolute Gasteiger partial charge is 0.481 e. The molecule has 12 heavy (non-hydrogen) atoms. The van der Waals surface area contributed by atoms with Gasteiger partial charge in [0, 0.05) is 0 Å². The number of hydrogen-bond donors (Lipinski definition) is 2. The van der Waals surface area contributed by atoms with E-state index in [0.717, 1.165) is 6.42 Å². The second-order valence-corrected chi connectivity index (χ2v) is 3.95. The Hall–Kier alpha value is -0.570. The molecule has 0 aromatic rings.